The Hall–Kier alpha value is -3.47. The fourth-order valence-corrected chi connectivity index (χ4v) is 5.52. The Kier molecular flexibility index (Phi) is 6.10. The van der Waals surface area contributed by atoms with Gasteiger partial charge in [-0.05, 0) is 57.3 Å². The molecule has 2 aliphatic heterocycles. The van der Waals surface area contributed by atoms with Crippen molar-refractivity contribution in [3.8, 4) is 17.0 Å². The summed E-state index contributed by atoms with van der Waals surface area (Å²) >= 11 is 0. The fourth-order valence-electron chi connectivity index (χ4n) is 5.52. The first kappa shape index (κ1) is 23.9. The standard InChI is InChI=1S/C27H34N8O2/c1-18-21-6-7-24-22-13-19(5-8-25(22)34(17-36)30-24)23-14-28-33(4)26(23)16-32(3)11-12-37-27(21)35(29-18)20-9-10-31(2)15-20/h5-8,13-14,20,36H,9-12,15-17H2,1-4H3/b7-6+. The lowest BCUT2D eigenvalue weighted by Crippen LogP contribution is -2.26. The minimum Gasteiger partial charge on any atom is -0.476 e. The van der Waals surface area contributed by atoms with Gasteiger partial charge in [-0.15, -0.1) is 0 Å². The molecule has 0 saturated carbocycles. The third-order valence-electron chi connectivity index (χ3n) is 7.62. The second kappa shape index (κ2) is 9.44. The maximum absolute atomic E-state index is 9.97. The Morgan fingerprint density at radius 1 is 1.08 bits per heavy atom. The van der Waals surface area contributed by atoms with E-state index in [1.165, 1.54) is 0 Å². The van der Waals surface area contributed by atoms with Gasteiger partial charge in [0.25, 0.3) is 0 Å². The van der Waals surface area contributed by atoms with Crippen molar-refractivity contribution in [1.29, 1.82) is 0 Å². The first-order valence-corrected chi connectivity index (χ1v) is 12.8. The number of rotatable bonds is 2. The molecule has 1 fully saturated rings. The van der Waals surface area contributed by atoms with Gasteiger partial charge in [0.05, 0.1) is 40.4 Å². The zero-order chi connectivity index (χ0) is 25.7. The largest absolute Gasteiger partial charge is 0.476 e. The maximum atomic E-state index is 9.97. The summed E-state index contributed by atoms with van der Waals surface area (Å²) in [5.41, 5.74) is 6.90. The number of hydrogen-bond acceptors (Lipinski definition) is 7. The molecule has 3 aromatic heterocycles. The molecule has 1 aromatic carbocycles. The van der Waals surface area contributed by atoms with Gasteiger partial charge < -0.3 is 14.7 Å². The Morgan fingerprint density at radius 3 is 2.73 bits per heavy atom. The number of likely N-dealkylation sites (N-methyl/N-ethyl adjacent to an activating group) is 2. The van der Waals surface area contributed by atoms with Crippen LogP contribution in [0.1, 0.15) is 35.1 Å². The topological polar surface area (TPSA) is 89.4 Å². The minimum absolute atomic E-state index is 0.187. The minimum atomic E-state index is -0.187. The molecule has 0 aliphatic carbocycles. The van der Waals surface area contributed by atoms with E-state index in [1.807, 2.05) is 37.0 Å². The van der Waals surface area contributed by atoms with Gasteiger partial charge in [-0.25, -0.2) is 9.36 Å². The van der Waals surface area contributed by atoms with Crippen LogP contribution in [0.15, 0.2) is 24.4 Å². The van der Waals surface area contributed by atoms with E-state index in [2.05, 4.69) is 51.9 Å². The van der Waals surface area contributed by atoms with Crippen molar-refractivity contribution in [2.24, 2.45) is 7.05 Å². The molecule has 0 spiro atoms. The molecular weight excluding hydrogens is 468 g/mol. The Morgan fingerprint density at radius 2 is 1.95 bits per heavy atom. The number of hydrogen-bond donors (Lipinski definition) is 1. The van der Waals surface area contributed by atoms with Crippen LogP contribution in [-0.4, -0.2) is 84.6 Å². The SMILES string of the molecule is Cc1nn(C2CCN(C)C2)c2c1/C=C/c1nn(CO)c3ccc(cc13)-c1cnn(C)c1CN(C)CCO2. The van der Waals surface area contributed by atoms with E-state index >= 15 is 0 Å². The van der Waals surface area contributed by atoms with Gasteiger partial charge in [0.15, 0.2) is 0 Å². The number of likely N-dealkylation sites (tertiary alicyclic amines) is 1. The summed E-state index contributed by atoms with van der Waals surface area (Å²) in [4.78, 5) is 4.60. The molecule has 1 atom stereocenters. The van der Waals surface area contributed by atoms with Crippen molar-refractivity contribution in [2.75, 3.05) is 40.3 Å². The van der Waals surface area contributed by atoms with Gasteiger partial charge in [0, 0.05) is 44.2 Å². The Labute approximate surface area is 216 Å². The average molecular weight is 503 g/mol. The lowest BCUT2D eigenvalue weighted by Gasteiger charge is -2.20. The molecule has 1 saturated heterocycles. The molecule has 4 aromatic rings. The maximum Gasteiger partial charge on any atom is 0.219 e. The number of benzene rings is 1. The predicted molar refractivity (Wildman–Crippen MR) is 143 cm³/mol. The Bertz CT molecular complexity index is 1480. The van der Waals surface area contributed by atoms with Crippen LogP contribution in [0.25, 0.3) is 34.2 Å². The molecule has 2 bridgehead atoms. The van der Waals surface area contributed by atoms with Crippen molar-refractivity contribution < 1.29 is 9.84 Å². The molecule has 10 heteroatoms. The number of aliphatic hydroxyl groups is 1. The summed E-state index contributed by atoms with van der Waals surface area (Å²) in [6.45, 7) is 5.92. The number of aryl methyl sites for hydroxylation is 2. The first-order valence-electron chi connectivity index (χ1n) is 12.8. The normalized spacial score (nSPS) is 20.0. The van der Waals surface area contributed by atoms with Gasteiger partial charge in [-0.1, -0.05) is 6.07 Å². The summed E-state index contributed by atoms with van der Waals surface area (Å²) in [6.07, 6.45) is 7.05. The van der Waals surface area contributed by atoms with E-state index in [9.17, 15) is 5.11 Å². The van der Waals surface area contributed by atoms with Gasteiger partial charge in [0.1, 0.15) is 13.3 Å². The summed E-state index contributed by atoms with van der Waals surface area (Å²) in [6, 6.07) is 6.54. The van der Waals surface area contributed by atoms with Crippen LogP contribution < -0.4 is 4.74 Å². The van der Waals surface area contributed by atoms with Crippen molar-refractivity contribution in [3.63, 3.8) is 0 Å². The molecule has 194 valence electrons. The van der Waals surface area contributed by atoms with Crippen LogP contribution in [0.2, 0.25) is 0 Å². The predicted octanol–water partition coefficient (Wildman–Crippen LogP) is 2.76. The van der Waals surface area contributed by atoms with E-state index < -0.39 is 0 Å². The van der Waals surface area contributed by atoms with Crippen molar-refractivity contribution in [2.45, 2.75) is 32.7 Å². The average Bonchev–Trinajstić information content (AvgIpc) is 3.63. The Balaban J connectivity index is 1.51. The summed E-state index contributed by atoms with van der Waals surface area (Å²) < 4.78 is 12.1. The van der Waals surface area contributed by atoms with Crippen molar-refractivity contribution in [1.82, 2.24) is 39.1 Å². The summed E-state index contributed by atoms with van der Waals surface area (Å²) in [7, 11) is 6.25. The van der Waals surface area contributed by atoms with Crippen molar-refractivity contribution in [3.05, 3.63) is 47.0 Å². The van der Waals surface area contributed by atoms with Crippen LogP contribution in [0.4, 0.5) is 0 Å². The number of ether oxygens (including phenoxy) is 1. The molecule has 1 N–H and O–H groups in total. The molecule has 0 radical (unpaired) electrons. The summed E-state index contributed by atoms with van der Waals surface area (Å²) in [5, 5.41) is 25.1. The molecule has 37 heavy (non-hydrogen) atoms. The highest BCUT2D eigenvalue weighted by atomic mass is 16.5. The quantitative estimate of drug-likeness (QED) is 0.451. The highest BCUT2D eigenvalue weighted by molar-refractivity contribution is 5.93. The van der Waals surface area contributed by atoms with Crippen LogP contribution >= 0.6 is 0 Å². The van der Waals surface area contributed by atoms with E-state index in [0.29, 0.717) is 6.61 Å². The van der Waals surface area contributed by atoms with E-state index in [1.54, 1.807) is 4.68 Å². The summed E-state index contributed by atoms with van der Waals surface area (Å²) in [5.74, 6) is 0.810. The zero-order valence-corrected chi connectivity index (χ0v) is 21.9. The second-order valence-corrected chi connectivity index (χ2v) is 10.3. The highest BCUT2D eigenvalue weighted by Crippen LogP contribution is 2.34. The second-order valence-electron chi connectivity index (χ2n) is 10.3. The lowest BCUT2D eigenvalue weighted by atomic mass is 10.0. The molecule has 10 nitrogen and oxygen atoms in total. The van der Waals surface area contributed by atoms with E-state index in [0.717, 1.165) is 83.2 Å². The highest BCUT2D eigenvalue weighted by Gasteiger charge is 2.27. The smallest absolute Gasteiger partial charge is 0.219 e. The van der Waals surface area contributed by atoms with Gasteiger partial charge in [-0.2, -0.15) is 15.3 Å². The molecule has 5 heterocycles. The number of aliphatic hydroxyl groups excluding tert-OH is 1. The molecular formula is C27H34N8O2. The van der Waals surface area contributed by atoms with Gasteiger partial charge in [0.2, 0.25) is 5.88 Å². The van der Waals surface area contributed by atoms with Crippen LogP contribution in [0.3, 0.4) is 0 Å². The van der Waals surface area contributed by atoms with Crippen LogP contribution in [0, 0.1) is 6.92 Å². The molecule has 1 unspecified atom stereocenters. The van der Waals surface area contributed by atoms with E-state index in [-0.39, 0.29) is 12.8 Å². The van der Waals surface area contributed by atoms with Crippen LogP contribution in [0.5, 0.6) is 5.88 Å². The lowest BCUT2D eigenvalue weighted by molar-refractivity contribution is 0.200. The number of aromatic nitrogens is 6. The molecule has 0 amide bonds. The monoisotopic (exact) mass is 502 g/mol. The number of fused-ring (bicyclic) bond motifs is 4. The third kappa shape index (κ3) is 4.24. The van der Waals surface area contributed by atoms with Crippen molar-refractivity contribution >= 4 is 23.1 Å². The fraction of sp³-hybridized carbons (Fsp3) is 0.444. The van der Waals surface area contributed by atoms with Gasteiger partial charge in [-0.3, -0.25) is 9.58 Å². The number of nitrogens with zero attached hydrogens (tertiary/aromatic N) is 8. The zero-order valence-electron chi connectivity index (χ0n) is 21.9. The third-order valence-corrected chi connectivity index (χ3v) is 7.62. The van der Waals surface area contributed by atoms with Gasteiger partial charge >= 0.3 is 0 Å². The molecule has 2 aliphatic rings. The first-order chi connectivity index (χ1) is 17.9. The molecule has 6 rings (SSSR count). The van der Waals surface area contributed by atoms with Crippen LogP contribution in [-0.2, 0) is 20.3 Å². The van der Waals surface area contributed by atoms with E-state index in [4.69, 9.17) is 14.9 Å².